The second-order valence-corrected chi connectivity index (χ2v) is 5.02. The molecule has 1 aromatic rings. The van der Waals surface area contributed by atoms with Crippen LogP contribution in [0.2, 0.25) is 5.02 Å². The summed E-state index contributed by atoms with van der Waals surface area (Å²) in [5, 5.41) is 0.636. The standard InChI is InChI=1S/C13H17ClN2O.ClH/c1-9-4-5-10(7-12(9)14)13(17)16-6-2-3-11(15)8-16;/h4-5,7,11H,2-3,6,8,15H2,1H3;1H/t11-;/m1./s1. The molecule has 1 atom stereocenters. The lowest BCUT2D eigenvalue weighted by molar-refractivity contribution is 0.0709. The van der Waals surface area contributed by atoms with E-state index in [2.05, 4.69) is 0 Å². The summed E-state index contributed by atoms with van der Waals surface area (Å²) < 4.78 is 0. The fraction of sp³-hybridized carbons (Fsp3) is 0.462. The van der Waals surface area contributed by atoms with Gasteiger partial charge in [0.05, 0.1) is 0 Å². The van der Waals surface area contributed by atoms with Crippen LogP contribution >= 0.6 is 24.0 Å². The molecule has 1 fully saturated rings. The molecule has 0 unspecified atom stereocenters. The number of carbonyl (C=O) groups excluding carboxylic acids is 1. The molecule has 0 aliphatic carbocycles. The van der Waals surface area contributed by atoms with Gasteiger partial charge in [0.15, 0.2) is 0 Å². The maximum atomic E-state index is 12.2. The zero-order chi connectivity index (χ0) is 12.4. The molecule has 5 heteroatoms. The number of nitrogens with zero attached hydrogens (tertiary/aromatic N) is 1. The van der Waals surface area contributed by atoms with E-state index in [0.717, 1.165) is 24.9 Å². The van der Waals surface area contributed by atoms with E-state index in [-0.39, 0.29) is 24.4 Å². The summed E-state index contributed by atoms with van der Waals surface area (Å²) in [6.07, 6.45) is 1.98. The average Bonchev–Trinajstić information content (AvgIpc) is 2.32. The Morgan fingerprint density at radius 3 is 2.83 bits per heavy atom. The first kappa shape index (κ1) is 15.3. The van der Waals surface area contributed by atoms with Gasteiger partial charge in [0, 0.05) is 29.7 Å². The number of amides is 1. The zero-order valence-electron chi connectivity index (χ0n) is 10.4. The summed E-state index contributed by atoms with van der Waals surface area (Å²) in [4.78, 5) is 14.0. The van der Waals surface area contributed by atoms with Gasteiger partial charge in [-0.1, -0.05) is 17.7 Å². The third-order valence-electron chi connectivity index (χ3n) is 3.16. The fourth-order valence-electron chi connectivity index (χ4n) is 2.10. The van der Waals surface area contributed by atoms with Crippen LogP contribution in [0.25, 0.3) is 0 Å². The van der Waals surface area contributed by atoms with E-state index in [1.54, 1.807) is 6.07 Å². The van der Waals surface area contributed by atoms with E-state index in [1.807, 2.05) is 24.0 Å². The van der Waals surface area contributed by atoms with Crippen molar-refractivity contribution in [2.24, 2.45) is 5.73 Å². The molecule has 2 rings (SSSR count). The summed E-state index contributed by atoms with van der Waals surface area (Å²) in [7, 11) is 0. The van der Waals surface area contributed by atoms with Gasteiger partial charge in [-0.05, 0) is 37.5 Å². The molecule has 18 heavy (non-hydrogen) atoms. The fourth-order valence-corrected chi connectivity index (χ4v) is 2.28. The number of likely N-dealkylation sites (tertiary alicyclic amines) is 1. The zero-order valence-corrected chi connectivity index (χ0v) is 11.9. The van der Waals surface area contributed by atoms with Gasteiger partial charge in [0.1, 0.15) is 0 Å². The molecule has 1 saturated heterocycles. The van der Waals surface area contributed by atoms with Crippen LogP contribution < -0.4 is 5.73 Å². The Balaban J connectivity index is 0.00000162. The Hall–Kier alpha value is -0.770. The highest BCUT2D eigenvalue weighted by atomic mass is 35.5. The van der Waals surface area contributed by atoms with Gasteiger partial charge < -0.3 is 10.6 Å². The molecule has 0 saturated carbocycles. The largest absolute Gasteiger partial charge is 0.337 e. The predicted molar refractivity (Wildman–Crippen MR) is 76.5 cm³/mol. The molecule has 3 nitrogen and oxygen atoms in total. The van der Waals surface area contributed by atoms with E-state index >= 15 is 0 Å². The first-order chi connectivity index (χ1) is 8.08. The van der Waals surface area contributed by atoms with Crippen molar-refractivity contribution in [3.8, 4) is 0 Å². The summed E-state index contributed by atoms with van der Waals surface area (Å²) in [6.45, 7) is 3.36. The number of nitrogens with two attached hydrogens (primary N) is 1. The van der Waals surface area contributed by atoms with E-state index in [9.17, 15) is 4.79 Å². The van der Waals surface area contributed by atoms with E-state index in [1.165, 1.54) is 0 Å². The molecule has 1 aliphatic heterocycles. The quantitative estimate of drug-likeness (QED) is 0.864. The molecule has 1 amide bonds. The van der Waals surface area contributed by atoms with Gasteiger partial charge in [0.2, 0.25) is 0 Å². The van der Waals surface area contributed by atoms with Crippen LogP contribution in [0.4, 0.5) is 0 Å². The van der Waals surface area contributed by atoms with Crippen LogP contribution in [0.15, 0.2) is 18.2 Å². The SMILES string of the molecule is Cc1ccc(C(=O)N2CCC[C@@H](N)C2)cc1Cl.Cl. The third-order valence-corrected chi connectivity index (χ3v) is 3.57. The monoisotopic (exact) mass is 288 g/mol. The van der Waals surface area contributed by atoms with Gasteiger partial charge in [0.25, 0.3) is 5.91 Å². The van der Waals surface area contributed by atoms with Gasteiger partial charge in [-0.15, -0.1) is 12.4 Å². The number of hydrogen-bond donors (Lipinski definition) is 1. The Labute approximate surface area is 119 Å². The topological polar surface area (TPSA) is 46.3 Å². The minimum atomic E-state index is 0. The Morgan fingerprint density at radius 2 is 2.22 bits per heavy atom. The van der Waals surface area contributed by atoms with Crippen LogP contribution in [-0.4, -0.2) is 29.9 Å². The highest BCUT2D eigenvalue weighted by molar-refractivity contribution is 6.31. The molecule has 0 bridgehead atoms. The number of halogens is 2. The van der Waals surface area contributed by atoms with E-state index in [4.69, 9.17) is 17.3 Å². The molecule has 1 aliphatic rings. The minimum Gasteiger partial charge on any atom is -0.337 e. The third kappa shape index (κ3) is 3.37. The summed E-state index contributed by atoms with van der Waals surface area (Å²) in [5.74, 6) is 0.0297. The lowest BCUT2D eigenvalue weighted by Gasteiger charge is -2.30. The van der Waals surface area contributed by atoms with Gasteiger partial charge in [-0.25, -0.2) is 0 Å². The van der Waals surface area contributed by atoms with E-state index < -0.39 is 0 Å². The van der Waals surface area contributed by atoms with Crippen LogP contribution in [0, 0.1) is 6.92 Å². The molecule has 2 N–H and O–H groups in total. The number of piperidine rings is 1. The highest BCUT2D eigenvalue weighted by Crippen LogP contribution is 2.19. The number of benzene rings is 1. The summed E-state index contributed by atoms with van der Waals surface area (Å²) in [6, 6.07) is 5.54. The van der Waals surface area contributed by atoms with Crippen molar-refractivity contribution in [3.63, 3.8) is 0 Å². The highest BCUT2D eigenvalue weighted by Gasteiger charge is 2.22. The normalized spacial score (nSPS) is 19.3. The van der Waals surface area contributed by atoms with Crippen LogP contribution in [0.1, 0.15) is 28.8 Å². The summed E-state index contributed by atoms with van der Waals surface area (Å²) in [5.41, 5.74) is 7.51. The maximum Gasteiger partial charge on any atom is 0.253 e. The molecular formula is C13H18Cl2N2O. The number of carbonyl (C=O) groups is 1. The second kappa shape index (κ2) is 6.41. The van der Waals surface area contributed by atoms with Crippen molar-refractivity contribution < 1.29 is 4.79 Å². The number of hydrogen-bond acceptors (Lipinski definition) is 2. The van der Waals surface area contributed by atoms with Gasteiger partial charge in [-0.2, -0.15) is 0 Å². The molecule has 1 heterocycles. The number of aryl methyl sites for hydroxylation is 1. The molecule has 100 valence electrons. The molecule has 0 radical (unpaired) electrons. The summed E-state index contributed by atoms with van der Waals surface area (Å²) >= 11 is 6.03. The number of rotatable bonds is 1. The smallest absolute Gasteiger partial charge is 0.253 e. The van der Waals surface area contributed by atoms with Crippen molar-refractivity contribution in [1.29, 1.82) is 0 Å². The Kier molecular flexibility index (Phi) is 5.45. The van der Waals surface area contributed by atoms with Crippen molar-refractivity contribution in [1.82, 2.24) is 4.90 Å². The van der Waals surface area contributed by atoms with Crippen LogP contribution in [0.3, 0.4) is 0 Å². The van der Waals surface area contributed by atoms with Gasteiger partial charge >= 0.3 is 0 Å². The molecule has 1 aromatic carbocycles. The van der Waals surface area contributed by atoms with Crippen LogP contribution in [0.5, 0.6) is 0 Å². The van der Waals surface area contributed by atoms with E-state index in [0.29, 0.717) is 17.1 Å². The molecular weight excluding hydrogens is 271 g/mol. The van der Waals surface area contributed by atoms with Crippen molar-refractivity contribution in [2.75, 3.05) is 13.1 Å². The minimum absolute atomic E-state index is 0. The lowest BCUT2D eigenvalue weighted by Crippen LogP contribution is -2.45. The van der Waals surface area contributed by atoms with Gasteiger partial charge in [-0.3, -0.25) is 4.79 Å². The Morgan fingerprint density at radius 1 is 1.50 bits per heavy atom. The first-order valence-electron chi connectivity index (χ1n) is 5.89. The Bertz CT molecular complexity index is 437. The first-order valence-corrected chi connectivity index (χ1v) is 6.26. The molecule has 0 aromatic heterocycles. The van der Waals surface area contributed by atoms with Crippen molar-refractivity contribution >= 4 is 29.9 Å². The maximum absolute atomic E-state index is 12.2. The predicted octanol–water partition coefficient (Wildman–Crippen LogP) is 2.63. The second-order valence-electron chi connectivity index (χ2n) is 4.62. The molecule has 0 spiro atoms. The van der Waals surface area contributed by atoms with Crippen molar-refractivity contribution in [3.05, 3.63) is 34.3 Å². The van der Waals surface area contributed by atoms with Crippen molar-refractivity contribution in [2.45, 2.75) is 25.8 Å². The van der Waals surface area contributed by atoms with Crippen LogP contribution in [-0.2, 0) is 0 Å². The average molecular weight is 289 g/mol. The lowest BCUT2D eigenvalue weighted by atomic mass is 10.0.